The molecule has 1 aliphatic heterocycles. The number of hydrogen-bond acceptors (Lipinski definition) is 4. The summed E-state index contributed by atoms with van der Waals surface area (Å²) in [4.78, 5) is 42.9. The highest BCUT2D eigenvalue weighted by atomic mass is 16.5. The Kier molecular flexibility index (Phi) is 7.41. The van der Waals surface area contributed by atoms with Crippen molar-refractivity contribution in [3.8, 4) is 5.75 Å². The molecule has 0 saturated carbocycles. The van der Waals surface area contributed by atoms with Gasteiger partial charge in [-0.3, -0.25) is 9.59 Å². The standard InChI is InChI=1S/C32H29N3O4/c1-39-25-19-17-22(18-20-25)28-27(30(36)23-13-7-3-8-14-23)26(21-11-5-2-6-12-21)29(31(33)37)35(28)32(38)34-24-15-9-4-10-16-24/h2-20,26-29H,1H3,(H2,33,37)(H,34,38). The largest absolute Gasteiger partial charge is 0.497 e. The lowest BCUT2D eigenvalue weighted by Gasteiger charge is -2.31. The van der Waals surface area contributed by atoms with E-state index in [0.29, 0.717) is 22.6 Å². The fourth-order valence-electron chi connectivity index (χ4n) is 5.52. The van der Waals surface area contributed by atoms with E-state index in [1.165, 1.54) is 4.90 Å². The Morgan fingerprint density at radius 2 is 1.31 bits per heavy atom. The smallest absolute Gasteiger partial charge is 0.323 e. The highest BCUT2D eigenvalue weighted by Crippen LogP contribution is 2.51. The first-order valence-corrected chi connectivity index (χ1v) is 12.7. The maximum atomic E-state index is 14.3. The molecule has 7 heteroatoms. The van der Waals surface area contributed by atoms with Crippen LogP contribution in [0.2, 0.25) is 0 Å². The van der Waals surface area contributed by atoms with Gasteiger partial charge < -0.3 is 20.7 Å². The molecule has 4 atom stereocenters. The van der Waals surface area contributed by atoms with E-state index in [9.17, 15) is 14.4 Å². The van der Waals surface area contributed by atoms with E-state index in [0.717, 1.165) is 5.56 Å². The maximum absolute atomic E-state index is 14.3. The summed E-state index contributed by atoms with van der Waals surface area (Å²) in [6.45, 7) is 0. The Bertz CT molecular complexity index is 1440. The number of Topliss-reactive ketones (excluding diaryl/α,β-unsaturated/α-hetero) is 1. The topological polar surface area (TPSA) is 102 Å². The predicted molar refractivity (Wildman–Crippen MR) is 149 cm³/mol. The molecule has 0 bridgehead atoms. The third-order valence-electron chi connectivity index (χ3n) is 7.22. The maximum Gasteiger partial charge on any atom is 0.323 e. The van der Waals surface area contributed by atoms with Gasteiger partial charge in [0.15, 0.2) is 5.78 Å². The summed E-state index contributed by atoms with van der Waals surface area (Å²) in [5, 5.41) is 2.91. The van der Waals surface area contributed by atoms with Gasteiger partial charge in [0.05, 0.1) is 19.1 Å². The van der Waals surface area contributed by atoms with Crippen molar-refractivity contribution in [2.75, 3.05) is 12.4 Å². The zero-order chi connectivity index (χ0) is 27.4. The number of likely N-dealkylation sites (tertiary alicyclic amines) is 1. The highest BCUT2D eigenvalue weighted by Gasteiger charge is 2.57. The van der Waals surface area contributed by atoms with E-state index >= 15 is 0 Å². The van der Waals surface area contributed by atoms with Gasteiger partial charge in [-0.15, -0.1) is 0 Å². The lowest BCUT2D eigenvalue weighted by molar-refractivity contribution is -0.122. The third-order valence-corrected chi connectivity index (χ3v) is 7.22. The van der Waals surface area contributed by atoms with Crippen molar-refractivity contribution in [2.45, 2.75) is 18.0 Å². The number of carbonyl (C=O) groups is 3. The quantitative estimate of drug-likeness (QED) is 0.318. The van der Waals surface area contributed by atoms with Crippen LogP contribution in [0.1, 0.15) is 33.4 Å². The molecule has 3 amide bonds. The Labute approximate surface area is 227 Å². The molecule has 3 N–H and O–H groups in total. The monoisotopic (exact) mass is 519 g/mol. The number of nitrogens with zero attached hydrogens (tertiary/aromatic N) is 1. The summed E-state index contributed by atoms with van der Waals surface area (Å²) < 4.78 is 5.34. The van der Waals surface area contributed by atoms with Crippen molar-refractivity contribution >= 4 is 23.4 Å². The van der Waals surface area contributed by atoms with Crippen molar-refractivity contribution in [1.29, 1.82) is 0 Å². The Balaban J connectivity index is 1.71. The van der Waals surface area contributed by atoms with E-state index in [2.05, 4.69) is 5.32 Å². The minimum absolute atomic E-state index is 0.175. The van der Waals surface area contributed by atoms with E-state index in [-0.39, 0.29) is 5.78 Å². The molecule has 7 nitrogen and oxygen atoms in total. The minimum Gasteiger partial charge on any atom is -0.497 e. The van der Waals surface area contributed by atoms with Crippen LogP contribution >= 0.6 is 0 Å². The van der Waals surface area contributed by atoms with Crippen LogP contribution < -0.4 is 15.8 Å². The summed E-state index contributed by atoms with van der Waals surface area (Å²) in [6, 6.07) is 32.1. The molecular weight excluding hydrogens is 490 g/mol. The van der Waals surface area contributed by atoms with Gasteiger partial charge in [-0.1, -0.05) is 91.0 Å². The molecular formula is C32H29N3O4. The van der Waals surface area contributed by atoms with Crippen LogP contribution in [-0.2, 0) is 4.79 Å². The summed E-state index contributed by atoms with van der Waals surface area (Å²) in [7, 11) is 1.57. The van der Waals surface area contributed by atoms with Gasteiger partial charge in [-0.05, 0) is 35.4 Å². The Morgan fingerprint density at radius 1 is 0.744 bits per heavy atom. The number of ketones is 1. The summed E-state index contributed by atoms with van der Waals surface area (Å²) in [5.74, 6) is -1.69. The molecule has 5 rings (SSSR count). The third kappa shape index (κ3) is 5.11. The average Bonchev–Trinajstić information content (AvgIpc) is 3.35. The van der Waals surface area contributed by atoms with Crippen LogP contribution in [0.25, 0.3) is 0 Å². The van der Waals surface area contributed by atoms with Crippen molar-refractivity contribution in [2.24, 2.45) is 11.7 Å². The van der Waals surface area contributed by atoms with Gasteiger partial charge in [-0.2, -0.15) is 0 Å². The van der Waals surface area contributed by atoms with Crippen molar-refractivity contribution in [3.05, 3.63) is 132 Å². The zero-order valence-corrected chi connectivity index (χ0v) is 21.4. The fourth-order valence-corrected chi connectivity index (χ4v) is 5.52. The van der Waals surface area contributed by atoms with Crippen molar-refractivity contribution in [1.82, 2.24) is 4.90 Å². The van der Waals surface area contributed by atoms with Crippen LogP contribution in [0.5, 0.6) is 5.75 Å². The molecule has 4 aromatic rings. The number of para-hydroxylation sites is 1. The molecule has 4 unspecified atom stereocenters. The molecule has 1 aliphatic rings. The van der Waals surface area contributed by atoms with Gasteiger partial charge in [0.25, 0.3) is 0 Å². The lowest BCUT2D eigenvalue weighted by Crippen LogP contribution is -2.48. The number of methoxy groups -OCH3 is 1. The van der Waals surface area contributed by atoms with Crippen LogP contribution in [0.4, 0.5) is 10.5 Å². The van der Waals surface area contributed by atoms with Gasteiger partial charge in [-0.25, -0.2) is 4.79 Å². The number of rotatable bonds is 7. The minimum atomic E-state index is -1.08. The Hall–Kier alpha value is -4.91. The van der Waals surface area contributed by atoms with Crippen molar-refractivity contribution < 1.29 is 19.1 Å². The number of benzene rings is 4. The molecule has 1 saturated heterocycles. The first-order valence-electron chi connectivity index (χ1n) is 12.7. The number of anilines is 1. The zero-order valence-electron chi connectivity index (χ0n) is 21.4. The predicted octanol–water partition coefficient (Wildman–Crippen LogP) is 5.42. The summed E-state index contributed by atoms with van der Waals surface area (Å²) in [5.41, 5.74) is 8.55. The number of ether oxygens (including phenoxy) is 1. The molecule has 0 radical (unpaired) electrons. The Morgan fingerprint density at radius 3 is 1.87 bits per heavy atom. The van der Waals surface area contributed by atoms with Gasteiger partial charge in [0.2, 0.25) is 5.91 Å². The highest BCUT2D eigenvalue weighted by molar-refractivity contribution is 6.02. The molecule has 196 valence electrons. The van der Waals surface area contributed by atoms with Crippen LogP contribution in [0.15, 0.2) is 115 Å². The van der Waals surface area contributed by atoms with Gasteiger partial charge in [0, 0.05) is 17.2 Å². The van der Waals surface area contributed by atoms with E-state index in [4.69, 9.17) is 10.5 Å². The van der Waals surface area contributed by atoms with Gasteiger partial charge >= 0.3 is 6.03 Å². The second-order valence-electron chi connectivity index (χ2n) is 9.46. The number of nitrogens with one attached hydrogen (secondary N) is 1. The van der Waals surface area contributed by atoms with Crippen LogP contribution in [0.3, 0.4) is 0 Å². The summed E-state index contributed by atoms with van der Waals surface area (Å²) in [6.07, 6.45) is 0. The number of urea groups is 1. The molecule has 0 spiro atoms. The molecule has 0 aromatic heterocycles. The number of nitrogens with two attached hydrogens (primary N) is 1. The number of amides is 3. The molecule has 1 fully saturated rings. The second kappa shape index (κ2) is 11.2. The average molecular weight is 520 g/mol. The van der Waals surface area contributed by atoms with Gasteiger partial charge in [0.1, 0.15) is 11.8 Å². The van der Waals surface area contributed by atoms with E-state index in [1.807, 2.05) is 54.6 Å². The SMILES string of the molecule is COc1ccc(C2C(C(=O)c3ccccc3)C(c3ccccc3)C(C(N)=O)N2C(=O)Nc2ccccc2)cc1. The van der Waals surface area contributed by atoms with E-state index < -0.39 is 35.9 Å². The molecule has 0 aliphatic carbocycles. The van der Waals surface area contributed by atoms with Crippen molar-refractivity contribution in [3.63, 3.8) is 0 Å². The lowest BCUT2D eigenvalue weighted by atomic mass is 9.76. The van der Waals surface area contributed by atoms with E-state index in [1.54, 1.807) is 67.8 Å². The van der Waals surface area contributed by atoms with Crippen LogP contribution in [0, 0.1) is 5.92 Å². The number of hydrogen-bond donors (Lipinski definition) is 2. The normalized spacial score (nSPS) is 20.3. The molecule has 1 heterocycles. The first-order chi connectivity index (χ1) is 19.0. The first kappa shape index (κ1) is 25.7. The summed E-state index contributed by atoms with van der Waals surface area (Å²) >= 11 is 0. The number of primary amides is 1. The fraction of sp³-hybridized carbons (Fsp3) is 0.156. The second-order valence-corrected chi connectivity index (χ2v) is 9.46. The van der Waals surface area contributed by atoms with Crippen LogP contribution in [-0.4, -0.2) is 35.8 Å². The number of carbonyl (C=O) groups excluding carboxylic acids is 3. The molecule has 39 heavy (non-hydrogen) atoms. The molecule has 4 aromatic carbocycles.